The van der Waals surface area contributed by atoms with Gasteiger partial charge in [-0.25, -0.2) is 0 Å². The van der Waals surface area contributed by atoms with Gasteiger partial charge in [0.05, 0.1) is 5.69 Å². The van der Waals surface area contributed by atoms with Gasteiger partial charge in [-0.2, -0.15) is 0 Å². The number of rotatable bonds is 10. The minimum Gasteiger partial charge on any atom is -0.460 e. The second-order valence-electron chi connectivity index (χ2n) is 8.74. The van der Waals surface area contributed by atoms with Crippen molar-refractivity contribution < 1.29 is 14.1 Å². The molecular weight excluding hydrogens is 509 g/mol. The maximum Gasteiger partial charge on any atom is 0.306 e. The number of halogens is 1. The minimum absolute atomic E-state index is 0. The Balaban J connectivity index is 0.00000480. The van der Waals surface area contributed by atoms with Crippen molar-refractivity contribution in [3.05, 3.63) is 18.0 Å². The first-order chi connectivity index (χ1) is 14.4. The van der Waals surface area contributed by atoms with Crippen LogP contribution in [0.5, 0.6) is 0 Å². The van der Waals surface area contributed by atoms with E-state index < -0.39 is 5.60 Å². The zero-order valence-corrected chi connectivity index (χ0v) is 21.9. The fraction of sp³-hybridized carbons (Fsp3) is 0.773. The van der Waals surface area contributed by atoms with Crippen LogP contribution in [0.25, 0.3) is 0 Å². The number of ether oxygens (including phenoxy) is 1. The number of unbranched alkanes of at least 4 members (excludes halogenated alkanes) is 3. The average molecular weight is 549 g/mol. The Morgan fingerprint density at radius 3 is 2.52 bits per heavy atom. The number of carbonyl (C=O) groups excluding carboxylic acids is 1. The number of aromatic nitrogens is 1. The van der Waals surface area contributed by atoms with Crippen molar-refractivity contribution in [3.8, 4) is 0 Å². The Morgan fingerprint density at radius 1 is 1.19 bits per heavy atom. The summed E-state index contributed by atoms with van der Waals surface area (Å²) >= 11 is 0. The number of carbonyl (C=O) groups is 1. The molecule has 1 N–H and O–H groups in total. The molecule has 1 aliphatic rings. The van der Waals surface area contributed by atoms with Crippen molar-refractivity contribution in [2.24, 2.45) is 4.99 Å². The average Bonchev–Trinajstić information content (AvgIpc) is 3.19. The summed E-state index contributed by atoms with van der Waals surface area (Å²) in [4.78, 5) is 21.3. The number of piperazine rings is 1. The molecule has 0 amide bonds. The molecule has 0 bridgehead atoms. The zero-order chi connectivity index (χ0) is 21.8. The van der Waals surface area contributed by atoms with E-state index in [0.717, 1.165) is 83.2 Å². The Hall–Kier alpha value is -1.36. The predicted molar refractivity (Wildman–Crippen MR) is 134 cm³/mol. The van der Waals surface area contributed by atoms with Crippen molar-refractivity contribution in [1.29, 1.82) is 0 Å². The van der Waals surface area contributed by atoms with Gasteiger partial charge in [0, 0.05) is 58.3 Å². The third kappa shape index (κ3) is 11.7. The normalized spacial score (nSPS) is 15.5. The molecule has 0 saturated carbocycles. The van der Waals surface area contributed by atoms with E-state index in [0.29, 0.717) is 6.42 Å². The quantitative estimate of drug-likeness (QED) is 0.157. The summed E-state index contributed by atoms with van der Waals surface area (Å²) < 4.78 is 10.3. The molecule has 1 aromatic rings. The van der Waals surface area contributed by atoms with Gasteiger partial charge in [0.15, 0.2) is 5.96 Å². The van der Waals surface area contributed by atoms with Gasteiger partial charge >= 0.3 is 5.97 Å². The van der Waals surface area contributed by atoms with Gasteiger partial charge in [-0.3, -0.25) is 14.7 Å². The van der Waals surface area contributed by atoms with Crippen molar-refractivity contribution in [1.82, 2.24) is 20.3 Å². The second-order valence-corrected chi connectivity index (χ2v) is 8.74. The van der Waals surface area contributed by atoms with Gasteiger partial charge in [-0.1, -0.05) is 18.0 Å². The van der Waals surface area contributed by atoms with E-state index in [2.05, 4.69) is 27.2 Å². The molecule has 1 aliphatic heterocycles. The van der Waals surface area contributed by atoms with Gasteiger partial charge < -0.3 is 19.5 Å². The van der Waals surface area contributed by atoms with Crippen LogP contribution >= 0.6 is 24.0 Å². The smallest absolute Gasteiger partial charge is 0.306 e. The highest BCUT2D eigenvalue weighted by Crippen LogP contribution is 2.11. The summed E-state index contributed by atoms with van der Waals surface area (Å²) in [6, 6.07) is 1.92. The third-order valence-electron chi connectivity index (χ3n) is 4.85. The number of esters is 1. The molecule has 178 valence electrons. The highest BCUT2D eigenvalue weighted by Gasteiger charge is 2.20. The first-order valence-electron chi connectivity index (χ1n) is 11.2. The highest BCUT2D eigenvalue weighted by molar-refractivity contribution is 14.0. The lowest BCUT2D eigenvalue weighted by Crippen LogP contribution is -2.52. The maximum absolute atomic E-state index is 11.7. The van der Waals surface area contributed by atoms with Crippen molar-refractivity contribution in [2.45, 2.75) is 71.9 Å². The summed E-state index contributed by atoms with van der Waals surface area (Å²) in [6.45, 7) is 14.2. The molecule has 1 saturated heterocycles. The maximum atomic E-state index is 11.7. The summed E-state index contributed by atoms with van der Waals surface area (Å²) in [7, 11) is 0. The van der Waals surface area contributed by atoms with Crippen LogP contribution < -0.4 is 5.32 Å². The Kier molecular flexibility index (Phi) is 13.1. The molecule has 0 aliphatic carbocycles. The number of hydrogen-bond donors (Lipinski definition) is 1. The Morgan fingerprint density at radius 2 is 1.90 bits per heavy atom. The van der Waals surface area contributed by atoms with E-state index >= 15 is 0 Å². The number of aliphatic imine (C=N–C) groups is 1. The number of hydrogen-bond acceptors (Lipinski definition) is 6. The molecule has 8 nitrogen and oxygen atoms in total. The van der Waals surface area contributed by atoms with Crippen LogP contribution in [0.3, 0.4) is 0 Å². The summed E-state index contributed by atoms with van der Waals surface area (Å²) in [5.41, 5.74) is 0.589. The summed E-state index contributed by atoms with van der Waals surface area (Å²) in [6.07, 6.45) is 6.16. The van der Waals surface area contributed by atoms with E-state index in [1.807, 2.05) is 26.8 Å². The molecule has 1 fully saturated rings. The van der Waals surface area contributed by atoms with Gasteiger partial charge in [0.1, 0.15) is 11.9 Å². The molecule has 0 radical (unpaired) electrons. The lowest BCUT2D eigenvalue weighted by molar-refractivity contribution is -0.154. The Labute approximate surface area is 204 Å². The topological polar surface area (TPSA) is 83.2 Å². The van der Waals surface area contributed by atoms with Gasteiger partial charge in [-0.05, 0) is 40.5 Å². The molecule has 0 atom stereocenters. The number of nitrogens with one attached hydrogen (secondary N) is 1. The largest absolute Gasteiger partial charge is 0.460 e. The van der Waals surface area contributed by atoms with Crippen LogP contribution in [-0.4, -0.2) is 71.8 Å². The molecule has 2 rings (SSSR count). The lowest BCUT2D eigenvalue weighted by Gasteiger charge is -2.36. The summed E-state index contributed by atoms with van der Waals surface area (Å²) in [5.74, 6) is 0.907. The number of nitrogens with zero attached hydrogens (tertiary/aromatic N) is 4. The Bertz CT molecular complexity index is 638. The first-order valence-corrected chi connectivity index (χ1v) is 11.2. The second kappa shape index (κ2) is 14.7. The molecule has 0 unspecified atom stereocenters. The third-order valence-corrected chi connectivity index (χ3v) is 4.85. The SMILES string of the molecule is CCNC(=NCCCCCCC(=O)OC(C)(C)C)N1CCN(Cc2ccon2)CC1.I. The number of guanidine groups is 1. The van der Waals surface area contributed by atoms with Gasteiger partial charge in [-0.15, -0.1) is 24.0 Å². The monoisotopic (exact) mass is 549 g/mol. The van der Waals surface area contributed by atoms with Crippen LogP contribution in [0, 0.1) is 0 Å². The fourth-order valence-corrected chi connectivity index (χ4v) is 3.40. The molecular formula is C22H40IN5O3. The molecule has 9 heteroatoms. The molecule has 0 spiro atoms. The van der Waals surface area contributed by atoms with E-state index in [9.17, 15) is 4.79 Å². The summed E-state index contributed by atoms with van der Waals surface area (Å²) in [5, 5.41) is 7.42. The molecule has 31 heavy (non-hydrogen) atoms. The molecule has 1 aromatic heterocycles. The standard InChI is InChI=1S/C22H39N5O3.HI/c1-5-23-21(24-12-9-7-6-8-10-20(28)30-22(2,3)4)27-15-13-26(14-16-27)18-19-11-17-29-25-19;/h11,17H,5-10,12-16,18H2,1-4H3,(H,23,24);1H. The van der Waals surface area contributed by atoms with Crippen molar-refractivity contribution in [3.63, 3.8) is 0 Å². The van der Waals surface area contributed by atoms with E-state index in [4.69, 9.17) is 14.3 Å². The first kappa shape index (κ1) is 27.7. The van der Waals surface area contributed by atoms with E-state index in [1.54, 1.807) is 6.26 Å². The van der Waals surface area contributed by atoms with Crippen LogP contribution in [-0.2, 0) is 16.1 Å². The van der Waals surface area contributed by atoms with Crippen molar-refractivity contribution in [2.75, 3.05) is 39.3 Å². The van der Waals surface area contributed by atoms with Crippen molar-refractivity contribution >= 4 is 35.9 Å². The van der Waals surface area contributed by atoms with E-state index in [-0.39, 0.29) is 29.9 Å². The minimum atomic E-state index is -0.393. The van der Waals surface area contributed by atoms with Crippen LogP contribution in [0.1, 0.15) is 65.5 Å². The fourth-order valence-electron chi connectivity index (χ4n) is 3.40. The van der Waals surface area contributed by atoms with Crippen LogP contribution in [0.4, 0.5) is 0 Å². The molecule has 0 aromatic carbocycles. The van der Waals surface area contributed by atoms with Crippen LogP contribution in [0.2, 0.25) is 0 Å². The lowest BCUT2D eigenvalue weighted by atomic mass is 10.1. The predicted octanol–water partition coefficient (Wildman–Crippen LogP) is 3.67. The zero-order valence-electron chi connectivity index (χ0n) is 19.6. The highest BCUT2D eigenvalue weighted by atomic mass is 127. The molecule has 2 heterocycles. The van der Waals surface area contributed by atoms with E-state index in [1.165, 1.54) is 0 Å². The van der Waals surface area contributed by atoms with Gasteiger partial charge in [0.2, 0.25) is 0 Å². The van der Waals surface area contributed by atoms with Gasteiger partial charge in [0.25, 0.3) is 0 Å². The van der Waals surface area contributed by atoms with Crippen LogP contribution in [0.15, 0.2) is 21.8 Å².